The molecule has 0 saturated carbocycles. The molecule has 0 saturated heterocycles. The number of Topliss-reactive ketones (excluding diaryl/α,β-unsaturated/α-hetero) is 1. The van der Waals surface area contributed by atoms with Crippen LogP contribution >= 0.6 is 15.9 Å². The smallest absolute Gasteiger partial charge is 0.232 e. The fraction of sp³-hybridized carbons (Fsp3) is 0.364. The van der Waals surface area contributed by atoms with Crippen molar-refractivity contribution < 1.29 is 13.2 Å². The van der Waals surface area contributed by atoms with Gasteiger partial charge in [0.05, 0.1) is 11.1 Å². The Hall–Kier alpha value is -0.880. The Morgan fingerprint density at radius 1 is 1.29 bits per heavy atom. The summed E-state index contributed by atoms with van der Waals surface area (Å²) in [5, 5.41) is 0.258. The fourth-order valence-electron chi connectivity index (χ4n) is 1.30. The van der Waals surface area contributed by atoms with Gasteiger partial charge in [0.2, 0.25) is 10.0 Å². The summed E-state index contributed by atoms with van der Waals surface area (Å²) < 4.78 is 25.4. The number of rotatable bonds is 6. The van der Waals surface area contributed by atoms with E-state index < -0.39 is 10.0 Å². The van der Waals surface area contributed by atoms with Crippen molar-refractivity contribution in [2.75, 3.05) is 15.8 Å². The molecule has 0 aliphatic heterocycles. The highest BCUT2D eigenvalue weighted by Crippen LogP contribution is 2.12. The van der Waals surface area contributed by atoms with Gasteiger partial charge in [0, 0.05) is 11.3 Å². The lowest BCUT2D eigenvalue weighted by molar-refractivity contribution is 0.102. The molecule has 0 radical (unpaired) electrons. The van der Waals surface area contributed by atoms with Gasteiger partial charge in [-0.1, -0.05) is 22.9 Å². The van der Waals surface area contributed by atoms with Crippen molar-refractivity contribution in [2.24, 2.45) is 0 Å². The van der Waals surface area contributed by atoms with Gasteiger partial charge in [0.15, 0.2) is 5.78 Å². The molecule has 0 unspecified atom stereocenters. The van der Waals surface area contributed by atoms with Crippen molar-refractivity contribution in [1.29, 1.82) is 0 Å². The van der Waals surface area contributed by atoms with Crippen LogP contribution in [0.15, 0.2) is 24.3 Å². The Balaban J connectivity index is 2.79. The van der Waals surface area contributed by atoms with Crippen molar-refractivity contribution in [3.05, 3.63) is 29.8 Å². The third-order valence-corrected chi connectivity index (χ3v) is 4.08. The van der Waals surface area contributed by atoms with E-state index >= 15 is 0 Å². The van der Waals surface area contributed by atoms with Crippen LogP contribution in [0, 0.1) is 0 Å². The summed E-state index contributed by atoms with van der Waals surface area (Å²) >= 11 is 3.08. The van der Waals surface area contributed by atoms with Gasteiger partial charge in [0.25, 0.3) is 0 Å². The van der Waals surface area contributed by atoms with E-state index in [0.717, 1.165) is 0 Å². The first-order valence-corrected chi connectivity index (χ1v) is 7.95. The molecule has 94 valence electrons. The number of alkyl halides is 1. The monoisotopic (exact) mass is 319 g/mol. The topological polar surface area (TPSA) is 63.2 Å². The molecule has 17 heavy (non-hydrogen) atoms. The van der Waals surface area contributed by atoms with E-state index in [1.807, 2.05) is 0 Å². The molecule has 0 amide bonds. The van der Waals surface area contributed by atoms with Gasteiger partial charge in [-0.05, 0) is 30.7 Å². The van der Waals surface area contributed by atoms with Crippen LogP contribution in [0.1, 0.15) is 23.7 Å². The van der Waals surface area contributed by atoms with Crippen LogP contribution in [0.2, 0.25) is 0 Å². The minimum atomic E-state index is -3.27. The quantitative estimate of drug-likeness (QED) is 0.647. The Labute approximate surface area is 110 Å². The van der Waals surface area contributed by atoms with Crippen molar-refractivity contribution in [3.63, 3.8) is 0 Å². The van der Waals surface area contributed by atoms with E-state index in [1.165, 1.54) is 0 Å². The third-order valence-electron chi connectivity index (χ3n) is 2.07. The molecular formula is C11H14BrNO3S. The summed E-state index contributed by atoms with van der Waals surface area (Å²) in [7, 11) is -3.27. The maximum atomic E-state index is 11.5. The Bertz CT molecular complexity index is 482. The second kappa shape index (κ2) is 6.16. The van der Waals surface area contributed by atoms with Crippen LogP contribution in [-0.4, -0.2) is 25.3 Å². The minimum Gasteiger partial charge on any atom is -0.293 e. The molecule has 0 aliphatic rings. The maximum Gasteiger partial charge on any atom is 0.232 e. The molecule has 0 heterocycles. The molecule has 0 spiro atoms. The molecule has 0 fully saturated rings. The zero-order valence-electron chi connectivity index (χ0n) is 9.44. The summed E-state index contributed by atoms with van der Waals surface area (Å²) in [5.41, 5.74) is 1.03. The third kappa shape index (κ3) is 4.47. The Morgan fingerprint density at radius 2 is 1.88 bits per heavy atom. The van der Waals surface area contributed by atoms with E-state index in [0.29, 0.717) is 17.7 Å². The molecule has 1 rings (SSSR count). The zero-order chi connectivity index (χ0) is 12.9. The van der Waals surface area contributed by atoms with E-state index in [2.05, 4.69) is 20.7 Å². The summed E-state index contributed by atoms with van der Waals surface area (Å²) in [6, 6.07) is 6.38. The van der Waals surface area contributed by atoms with Gasteiger partial charge in [-0.25, -0.2) is 8.42 Å². The minimum absolute atomic E-state index is 0.0343. The van der Waals surface area contributed by atoms with Crippen LogP contribution in [0.3, 0.4) is 0 Å². The second-order valence-corrected chi connectivity index (χ2v) is 5.96. The van der Waals surface area contributed by atoms with Crippen molar-refractivity contribution in [1.82, 2.24) is 0 Å². The molecular weight excluding hydrogens is 306 g/mol. The molecule has 0 bridgehead atoms. The predicted molar refractivity (Wildman–Crippen MR) is 72.3 cm³/mol. The predicted octanol–water partition coefficient (Wildman–Crippen LogP) is 2.42. The van der Waals surface area contributed by atoms with Gasteiger partial charge in [-0.3, -0.25) is 9.52 Å². The van der Waals surface area contributed by atoms with E-state index in [4.69, 9.17) is 0 Å². The first-order valence-electron chi connectivity index (χ1n) is 5.18. The number of halogens is 1. The van der Waals surface area contributed by atoms with Gasteiger partial charge < -0.3 is 0 Å². The number of nitrogens with one attached hydrogen (secondary N) is 1. The standard InChI is InChI=1S/C11H14BrNO3S/c1-2-7-17(15,16)13-10-5-3-9(4-6-10)11(14)8-12/h3-6,13H,2,7-8H2,1H3. The van der Waals surface area contributed by atoms with E-state index in [-0.39, 0.29) is 16.9 Å². The SMILES string of the molecule is CCCS(=O)(=O)Nc1ccc(C(=O)CBr)cc1. The van der Waals surface area contributed by atoms with Crippen molar-refractivity contribution in [3.8, 4) is 0 Å². The van der Waals surface area contributed by atoms with E-state index in [1.54, 1.807) is 31.2 Å². The van der Waals surface area contributed by atoms with Gasteiger partial charge >= 0.3 is 0 Å². The molecule has 0 aromatic heterocycles. The average Bonchev–Trinajstić information content (AvgIpc) is 2.28. The van der Waals surface area contributed by atoms with Crippen molar-refractivity contribution >= 4 is 37.4 Å². The number of ketones is 1. The second-order valence-electron chi connectivity index (χ2n) is 3.56. The van der Waals surface area contributed by atoms with Gasteiger partial charge in [0.1, 0.15) is 0 Å². The Kier molecular flexibility index (Phi) is 5.14. The molecule has 6 heteroatoms. The largest absolute Gasteiger partial charge is 0.293 e. The van der Waals surface area contributed by atoms with E-state index in [9.17, 15) is 13.2 Å². The molecule has 0 aliphatic carbocycles. The number of benzene rings is 1. The number of hydrogen-bond donors (Lipinski definition) is 1. The van der Waals surface area contributed by atoms with Gasteiger partial charge in [-0.15, -0.1) is 0 Å². The molecule has 1 aromatic rings. The van der Waals surface area contributed by atoms with Crippen LogP contribution in [0.4, 0.5) is 5.69 Å². The lowest BCUT2D eigenvalue weighted by atomic mass is 10.1. The summed E-state index contributed by atoms with van der Waals surface area (Å²) in [4.78, 5) is 11.3. The lowest BCUT2D eigenvalue weighted by Crippen LogP contribution is -2.16. The van der Waals surface area contributed by atoms with Gasteiger partial charge in [-0.2, -0.15) is 0 Å². The summed E-state index contributed by atoms with van der Waals surface area (Å²) in [5.74, 6) is 0.0581. The lowest BCUT2D eigenvalue weighted by Gasteiger charge is -2.07. The fourth-order valence-corrected chi connectivity index (χ4v) is 2.76. The maximum absolute atomic E-state index is 11.5. The number of hydrogen-bond acceptors (Lipinski definition) is 3. The number of sulfonamides is 1. The van der Waals surface area contributed by atoms with Crippen LogP contribution in [-0.2, 0) is 10.0 Å². The zero-order valence-corrected chi connectivity index (χ0v) is 11.8. The first kappa shape index (κ1) is 14.2. The molecule has 0 atom stereocenters. The number of carbonyl (C=O) groups excluding carboxylic acids is 1. The molecule has 4 nitrogen and oxygen atoms in total. The highest BCUT2D eigenvalue weighted by molar-refractivity contribution is 9.09. The van der Waals surface area contributed by atoms with Crippen molar-refractivity contribution in [2.45, 2.75) is 13.3 Å². The highest BCUT2D eigenvalue weighted by atomic mass is 79.9. The van der Waals surface area contributed by atoms with Crippen LogP contribution in [0.25, 0.3) is 0 Å². The normalized spacial score (nSPS) is 11.2. The number of carbonyl (C=O) groups is 1. The summed E-state index contributed by atoms with van der Waals surface area (Å²) in [6.45, 7) is 1.80. The van der Waals surface area contributed by atoms with Crippen LogP contribution < -0.4 is 4.72 Å². The summed E-state index contributed by atoms with van der Waals surface area (Å²) in [6.07, 6.45) is 0.565. The number of anilines is 1. The van der Waals surface area contributed by atoms with Crippen LogP contribution in [0.5, 0.6) is 0 Å². The Morgan fingerprint density at radius 3 is 2.35 bits per heavy atom. The molecule has 1 N–H and O–H groups in total. The highest BCUT2D eigenvalue weighted by Gasteiger charge is 2.09. The molecule has 1 aromatic carbocycles. The first-order chi connectivity index (χ1) is 7.98. The average molecular weight is 320 g/mol.